The second-order valence-corrected chi connectivity index (χ2v) is 7.07. The predicted octanol–water partition coefficient (Wildman–Crippen LogP) is 4.20. The van der Waals surface area contributed by atoms with Crippen molar-refractivity contribution in [3.63, 3.8) is 0 Å². The summed E-state index contributed by atoms with van der Waals surface area (Å²) in [6.45, 7) is 10.1. The van der Waals surface area contributed by atoms with E-state index in [4.69, 9.17) is 9.47 Å². The quantitative estimate of drug-likeness (QED) is 0.549. The molecule has 1 heterocycles. The van der Waals surface area contributed by atoms with Gasteiger partial charge in [0.25, 0.3) is 0 Å². The van der Waals surface area contributed by atoms with Gasteiger partial charge in [-0.05, 0) is 44.4 Å². The van der Waals surface area contributed by atoms with Crippen molar-refractivity contribution in [2.24, 2.45) is 17.8 Å². The van der Waals surface area contributed by atoms with Crippen LogP contribution in [0.5, 0.6) is 0 Å². The van der Waals surface area contributed by atoms with Crippen molar-refractivity contribution < 1.29 is 9.47 Å². The van der Waals surface area contributed by atoms with E-state index in [1.165, 1.54) is 31.3 Å². The van der Waals surface area contributed by atoms with Crippen molar-refractivity contribution in [2.45, 2.75) is 65.1 Å². The third-order valence-electron chi connectivity index (χ3n) is 4.79. The average Bonchev–Trinajstić information content (AvgIpc) is 3.07. The minimum atomic E-state index is 0.108. The molecule has 1 spiro atoms. The molecule has 110 valence electrons. The lowest BCUT2D eigenvalue weighted by atomic mass is 9.69. The maximum Gasteiger partial charge on any atom is 0.101 e. The molecule has 1 saturated carbocycles. The Kier molecular flexibility index (Phi) is 4.73. The Hall–Kier alpha value is -0.340. The molecule has 2 heteroatoms. The molecule has 0 amide bonds. The predicted molar refractivity (Wildman–Crippen MR) is 79.2 cm³/mol. The number of epoxide rings is 1. The summed E-state index contributed by atoms with van der Waals surface area (Å²) in [5, 5.41) is 0. The molecule has 0 N–H and O–H groups in total. The van der Waals surface area contributed by atoms with Crippen LogP contribution in [0.4, 0.5) is 0 Å². The number of methoxy groups -OCH3 is 1. The van der Waals surface area contributed by atoms with Crippen molar-refractivity contribution in [1.82, 2.24) is 0 Å². The van der Waals surface area contributed by atoms with E-state index >= 15 is 0 Å². The van der Waals surface area contributed by atoms with Gasteiger partial charge >= 0.3 is 0 Å². The van der Waals surface area contributed by atoms with Gasteiger partial charge in [0.05, 0.1) is 12.7 Å². The van der Waals surface area contributed by atoms with E-state index in [0.717, 1.165) is 12.5 Å². The van der Waals surface area contributed by atoms with Gasteiger partial charge in [-0.15, -0.1) is 0 Å². The van der Waals surface area contributed by atoms with Gasteiger partial charge in [0.1, 0.15) is 5.60 Å². The summed E-state index contributed by atoms with van der Waals surface area (Å²) < 4.78 is 11.7. The highest BCUT2D eigenvalue weighted by atomic mass is 16.6. The lowest BCUT2D eigenvalue weighted by Crippen LogP contribution is -2.43. The third kappa shape index (κ3) is 3.41. The molecule has 0 bridgehead atoms. The lowest BCUT2D eigenvalue weighted by Gasteiger charge is -2.39. The van der Waals surface area contributed by atoms with Crippen LogP contribution in [-0.4, -0.2) is 25.4 Å². The Labute approximate surface area is 118 Å². The van der Waals surface area contributed by atoms with Gasteiger partial charge in [-0.1, -0.05) is 32.4 Å². The first-order valence-corrected chi connectivity index (χ1v) is 7.82. The van der Waals surface area contributed by atoms with Crippen LogP contribution in [0.15, 0.2) is 11.6 Å². The maximum atomic E-state index is 5.88. The van der Waals surface area contributed by atoms with Crippen molar-refractivity contribution in [2.75, 3.05) is 13.7 Å². The minimum Gasteiger partial charge on any atom is -0.381 e. The highest BCUT2D eigenvalue weighted by molar-refractivity contribution is 5.19. The van der Waals surface area contributed by atoms with E-state index < -0.39 is 0 Å². The van der Waals surface area contributed by atoms with Gasteiger partial charge < -0.3 is 9.47 Å². The van der Waals surface area contributed by atoms with E-state index in [2.05, 4.69) is 33.8 Å². The Morgan fingerprint density at radius 3 is 2.68 bits per heavy atom. The van der Waals surface area contributed by atoms with E-state index in [-0.39, 0.29) is 5.60 Å². The van der Waals surface area contributed by atoms with Gasteiger partial charge in [-0.25, -0.2) is 0 Å². The Morgan fingerprint density at radius 1 is 1.47 bits per heavy atom. The van der Waals surface area contributed by atoms with Crippen LogP contribution in [0.1, 0.15) is 53.4 Å². The maximum absolute atomic E-state index is 5.88. The normalized spacial score (nSPS) is 39.1. The largest absolute Gasteiger partial charge is 0.381 e. The fourth-order valence-corrected chi connectivity index (χ4v) is 3.77. The molecule has 1 saturated heterocycles. The standard InChI is InChI=1S/C17H30O2/c1-12(2)7-6-8-14(4)16-15(18-5)9-13(3)10-17(16)11-19-17/h8,12-13,15-16H,6-7,9-11H2,1-5H3/t13-,15-,16-,17-/m0/s1. The SMILES string of the molecule is CO[C@H]1C[C@H](C)C[C@]2(CO2)[C@H]1C(C)=CCCC(C)C. The molecule has 2 aliphatic rings. The first-order chi connectivity index (χ1) is 8.98. The summed E-state index contributed by atoms with van der Waals surface area (Å²) >= 11 is 0. The van der Waals surface area contributed by atoms with Crippen LogP contribution in [0.25, 0.3) is 0 Å². The second kappa shape index (κ2) is 5.97. The lowest BCUT2D eigenvalue weighted by molar-refractivity contribution is -0.0196. The van der Waals surface area contributed by atoms with E-state index in [9.17, 15) is 0 Å². The zero-order valence-corrected chi connectivity index (χ0v) is 13.2. The van der Waals surface area contributed by atoms with Crippen LogP contribution in [0.2, 0.25) is 0 Å². The topological polar surface area (TPSA) is 21.8 Å². The highest BCUT2D eigenvalue weighted by Gasteiger charge is 2.58. The molecule has 2 nitrogen and oxygen atoms in total. The van der Waals surface area contributed by atoms with Crippen LogP contribution in [0, 0.1) is 17.8 Å². The van der Waals surface area contributed by atoms with Crippen LogP contribution in [-0.2, 0) is 9.47 Å². The molecule has 1 aliphatic heterocycles. The molecule has 2 fully saturated rings. The Bertz CT molecular complexity index is 328. The summed E-state index contributed by atoms with van der Waals surface area (Å²) in [6.07, 6.45) is 7.58. The number of hydrogen-bond acceptors (Lipinski definition) is 2. The number of allylic oxidation sites excluding steroid dienone is 1. The molecular weight excluding hydrogens is 236 g/mol. The Balaban J connectivity index is 2.06. The van der Waals surface area contributed by atoms with Gasteiger partial charge in [-0.2, -0.15) is 0 Å². The average molecular weight is 266 g/mol. The summed E-state index contributed by atoms with van der Waals surface area (Å²) in [6, 6.07) is 0. The van der Waals surface area contributed by atoms with Crippen molar-refractivity contribution >= 4 is 0 Å². The fourth-order valence-electron chi connectivity index (χ4n) is 3.77. The van der Waals surface area contributed by atoms with Crippen LogP contribution in [0.3, 0.4) is 0 Å². The molecule has 19 heavy (non-hydrogen) atoms. The fraction of sp³-hybridized carbons (Fsp3) is 0.882. The summed E-state index contributed by atoms with van der Waals surface area (Å²) in [5.74, 6) is 1.97. The highest BCUT2D eigenvalue weighted by Crippen LogP contribution is 2.51. The van der Waals surface area contributed by atoms with Gasteiger partial charge in [0, 0.05) is 13.0 Å². The summed E-state index contributed by atoms with van der Waals surface area (Å²) in [7, 11) is 1.85. The number of ether oxygens (including phenoxy) is 2. The number of rotatable bonds is 5. The van der Waals surface area contributed by atoms with Crippen LogP contribution >= 0.6 is 0 Å². The Morgan fingerprint density at radius 2 is 2.16 bits per heavy atom. The van der Waals surface area contributed by atoms with E-state index in [1.807, 2.05) is 7.11 Å². The molecule has 0 aromatic carbocycles. The molecule has 0 radical (unpaired) electrons. The molecule has 2 rings (SSSR count). The molecule has 0 aromatic rings. The second-order valence-electron chi connectivity index (χ2n) is 7.07. The molecular formula is C17H30O2. The summed E-state index contributed by atoms with van der Waals surface area (Å²) in [4.78, 5) is 0. The molecule has 4 atom stereocenters. The van der Waals surface area contributed by atoms with E-state index in [0.29, 0.717) is 17.9 Å². The van der Waals surface area contributed by atoms with Gasteiger partial charge in [-0.3, -0.25) is 0 Å². The first kappa shape index (κ1) is 15.1. The monoisotopic (exact) mass is 266 g/mol. The first-order valence-electron chi connectivity index (χ1n) is 7.82. The smallest absolute Gasteiger partial charge is 0.101 e. The summed E-state index contributed by atoms with van der Waals surface area (Å²) in [5.41, 5.74) is 1.59. The van der Waals surface area contributed by atoms with Crippen molar-refractivity contribution in [3.05, 3.63) is 11.6 Å². The van der Waals surface area contributed by atoms with Crippen LogP contribution < -0.4 is 0 Å². The van der Waals surface area contributed by atoms with Gasteiger partial charge in [0.15, 0.2) is 0 Å². The van der Waals surface area contributed by atoms with Crippen molar-refractivity contribution in [1.29, 1.82) is 0 Å². The van der Waals surface area contributed by atoms with E-state index in [1.54, 1.807) is 0 Å². The zero-order chi connectivity index (χ0) is 14.0. The molecule has 1 aliphatic carbocycles. The zero-order valence-electron chi connectivity index (χ0n) is 13.2. The van der Waals surface area contributed by atoms with Crippen molar-refractivity contribution in [3.8, 4) is 0 Å². The van der Waals surface area contributed by atoms with Gasteiger partial charge in [0.2, 0.25) is 0 Å². The minimum absolute atomic E-state index is 0.108. The molecule has 0 aromatic heterocycles. The number of hydrogen-bond donors (Lipinski definition) is 0. The third-order valence-corrected chi connectivity index (χ3v) is 4.79. The molecule has 0 unspecified atom stereocenters.